The molecular formula is C15H21N5. The number of nitrogens with two attached hydrogens (primary N) is 2. The molecule has 1 aromatic carbocycles. The SMILES string of the molecule is CN=CC(C1=NN(c2ccccc2)C(N)C1C)=C(C)N. The fourth-order valence-electron chi connectivity index (χ4n) is 2.26. The zero-order chi connectivity index (χ0) is 14.7. The number of anilines is 1. The molecule has 2 rings (SSSR count). The molecule has 1 aromatic rings. The Morgan fingerprint density at radius 1 is 1.35 bits per heavy atom. The topological polar surface area (TPSA) is 80.0 Å². The number of nitrogens with zero attached hydrogens (tertiary/aromatic N) is 3. The Morgan fingerprint density at radius 3 is 2.55 bits per heavy atom. The van der Waals surface area contributed by atoms with Crippen LogP contribution in [0, 0.1) is 5.92 Å². The monoisotopic (exact) mass is 271 g/mol. The quantitative estimate of drug-likeness (QED) is 0.821. The summed E-state index contributed by atoms with van der Waals surface area (Å²) < 4.78 is 0. The van der Waals surface area contributed by atoms with E-state index < -0.39 is 0 Å². The van der Waals surface area contributed by atoms with Crippen LogP contribution in [0.25, 0.3) is 0 Å². The van der Waals surface area contributed by atoms with Gasteiger partial charge in [-0.1, -0.05) is 25.1 Å². The number of hydrogen-bond donors (Lipinski definition) is 2. The third kappa shape index (κ3) is 2.58. The Bertz CT molecular complexity index is 555. The first-order chi connectivity index (χ1) is 9.56. The van der Waals surface area contributed by atoms with E-state index in [0.717, 1.165) is 17.0 Å². The molecule has 0 fully saturated rings. The van der Waals surface area contributed by atoms with E-state index in [-0.39, 0.29) is 12.1 Å². The van der Waals surface area contributed by atoms with Crippen molar-refractivity contribution in [3.05, 3.63) is 41.6 Å². The number of aliphatic imine (C=N–C) groups is 1. The van der Waals surface area contributed by atoms with Crippen molar-refractivity contribution in [1.82, 2.24) is 0 Å². The molecule has 0 bridgehead atoms. The number of allylic oxidation sites excluding steroid dienone is 2. The summed E-state index contributed by atoms with van der Waals surface area (Å²) in [5.74, 6) is 0.0849. The number of benzene rings is 1. The van der Waals surface area contributed by atoms with Crippen LogP contribution in [0.3, 0.4) is 0 Å². The summed E-state index contributed by atoms with van der Waals surface area (Å²) in [7, 11) is 1.72. The predicted octanol–water partition coefficient (Wildman–Crippen LogP) is 1.72. The van der Waals surface area contributed by atoms with Crippen LogP contribution in [-0.4, -0.2) is 25.1 Å². The van der Waals surface area contributed by atoms with Gasteiger partial charge in [0.2, 0.25) is 0 Å². The van der Waals surface area contributed by atoms with Gasteiger partial charge in [0.1, 0.15) is 6.17 Å². The smallest absolute Gasteiger partial charge is 0.108 e. The van der Waals surface area contributed by atoms with E-state index in [1.807, 2.05) is 42.3 Å². The molecule has 5 nitrogen and oxygen atoms in total. The molecule has 2 atom stereocenters. The highest BCUT2D eigenvalue weighted by molar-refractivity contribution is 6.18. The van der Waals surface area contributed by atoms with Crippen molar-refractivity contribution >= 4 is 17.6 Å². The molecule has 0 aromatic heterocycles. The molecule has 2 unspecified atom stereocenters. The van der Waals surface area contributed by atoms with Crippen LogP contribution in [-0.2, 0) is 0 Å². The first-order valence-electron chi connectivity index (χ1n) is 6.63. The number of para-hydroxylation sites is 1. The van der Waals surface area contributed by atoms with Crippen molar-refractivity contribution in [3.8, 4) is 0 Å². The second kappa shape index (κ2) is 5.88. The standard InChI is InChI=1S/C15H21N5/c1-10-14(13(9-18-3)11(2)16)19-20(15(10)17)12-7-5-4-6-8-12/h4-10,15H,16-17H2,1-3H3. The third-order valence-corrected chi connectivity index (χ3v) is 3.42. The zero-order valence-corrected chi connectivity index (χ0v) is 12.1. The summed E-state index contributed by atoms with van der Waals surface area (Å²) in [5.41, 5.74) is 15.6. The molecule has 20 heavy (non-hydrogen) atoms. The van der Waals surface area contributed by atoms with Gasteiger partial charge < -0.3 is 11.5 Å². The number of hydrogen-bond acceptors (Lipinski definition) is 5. The maximum atomic E-state index is 6.28. The van der Waals surface area contributed by atoms with Crippen LogP contribution in [0.4, 0.5) is 5.69 Å². The van der Waals surface area contributed by atoms with Crippen LogP contribution in [0.1, 0.15) is 13.8 Å². The van der Waals surface area contributed by atoms with Gasteiger partial charge in [-0.15, -0.1) is 0 Å². The Labute approximate surface area is 119 Å². The highest BCUT2D eigenvalue weighted by Gasteiger charge is 2.33. The lowest BCUT2D eigenvalue weighted by Crippen LogP contribution is -2.40. The number of hydrazone groups is 1. The van der Waals surface area contributed by atoms with Gasteiger partial charge in [0, 0.05) is 30.5 Å². The van der Waals surface area contributed by atoms with Gasteiger partial charge >= 0.3 is 0 Å². The highest BCUT2D eigenvalue weighted by Crippen LogP contribution is 2.28. The van der Waals surface area contributed by atoms with E-state index in [4.69, 9.17) is 11.5 Å². The first kappa shape index (κ1) is 14.3. The molecular weight excluding hydrogens is 250 g/mol. The van der Waals surface area contributed by atoms with E-state index in [2.05, 4.69) is 17.0 Å². The summed E-state index contributed by atoms with van der Waals surface area (Å²) in [6, 6.07) is 9.90. The minimum atomic E-state index is -0.202. The summed E-state index contributed by atoms with van der Waals surface area (Å²) >= 11 is 0. The van der Waals surface area contributed by atoms with Gasteiger partial charge in [-0.3, -0.25) is 4.99 Å². The molecule has 5 heteroatoms. The van der Waals surface area contributed by atoms with E-state index in [0.29, 0.717) is 5.70 Å². The molecule has 0 aliphatic carbocycles. The molecule has 0 radical (unpaired) electrons. The van der Waals surface area contributed by atoms with Gasteiger partial charge in [-0.25, -0.2) is 5.01 Å². The van der Waals surface area contributed by atoms with Crippen LogP contribution in [0.5, 0.6) is 0 Å². The van der Waals surface area contributed by atoms with Gasteiger partial charge in [0.25, 0.3) is 0 Å². The average molecular weight is 271 g/mol. The maximum absolute atomic E-state index is 6.28. The average Bonchev–Trinajstić information content (AvgIpc) is 2.73. The van der Waals surface area contributed by atoms with Crippen molar-refractivity contribution in [2.75, 3.05) is 12.1 Å². The molecule has 4 N–H and O–H groups in total. The Balaban J connectivity index is 2.42. The second-order valence-corrected chi connectivity index (χ2v) is 4.93. The lowest BCUT2D eigenvalue weighted by molar-refractivity contribution is 0.579. The predicted molar refractivity (Wildman–Crippen MR) is 84.8 cm³/mol. The van der Waals surface area contributed by atoms with Crippen molar-refractivity contribution in [3.63, 3.8) is 0 Å². The molecule has 0 saturated heterocycles. The summed E-state index contributed by atoms with van der Waals surface area (Å²) in [4.78, 5) is 4.06. The molecule has 1 heterocycles. The zero-order valence-electron chi connectivity index (χ0n) is 12.1. The Kier molecular flexibility index (Phi) is 4.20. The summed E-state index contributed by atoms with van der Waals surface area (Å²) in [6.45, 7) is 3.90. The molecule has 106 valence electrons. The van der Waals surface area contributed by atoms with Crippen molar-refractivity contribution < 1.29 is 0 Å². The lowest BCUT2D eigenvalue weighted by atomic mass is 9.96. The summed E-state index contributed by atoms with van der Waals surface area (Å²) in [6.07, 6.45) is 1.54. The molecule has 1 aliphatic heterocycles. The van der Waals surface area contributed by atoms with Crippen LogP contribution in [0.2, 0.25) is 0 Å². The van der Waals surface area contributed by atoms with E-state index in [9.17, 15) is 0 Å². The first-order valence-corrected chi connectivity index (χ1v) is 6.63. The second-order valence-electron chi connectivity index (χ2n) is 4.93. The lowest BCUT2D eigenvalue weighted by Gasteiger charge is -2.22. The molecule has 0 amide bonds. The summed E-state index contributed by atoms with van der Waals surface area (Å²) in [5, 5.41) is 6.50. The minimum Gasteiger partial charge on any atom is -0.402 e. The van der Waals surface area contributed by atoms with E-state index in [1.165, 1.54) is 0 Å². The fraction of sp³-hybridized carbons (Fsp3) is 0.333. The van der Waals surface area contributed by atoms with Gasteiger partial charge in [-0.2, -0.15) is 5.10 Å². The molecule has 1 aliphatic rings. The van der Waals surface area contributed by atoms with Crippen LogP contribution < -0.4 is 16.5 Å². The van der Waals surface area contributed by atoms with E-state index in [1.54, 1.807) is 13.3 Å². The van der Waals surface area contributed by atoms with Gasteiger partial charge in [0.05, 0.1) is 11.4 Å². The van der Waals surface area contributed by atoms with Crippen molar-refractivity contribution in [2.24, 2.45) is 27.5 Å². The van der Waals surface area contributed by atoms with Crippen molar-refractivity contribution in [2.45, 2.75) is 20.0 Å². The largest absolute Gasteiger partial charge is 0.402 e. The van der Waals surface area contributed by atoms with Crippen molar-refractivity contribution in [1.29, 1.82) is 0 Å². The van der Waals surface area contributed by atoms with Gasteiger partial charge in [-0.05, 0) is 19.1 Å². The van der Waals surface area contributed by atoms with Gasteiger partial charge in [0.15, 0.2) is 0 Å². The Hall–Kier alpha value is -2.14. The maximum Gasteiger partial charge on any atom is 0.108 e. The fourth-order valence-corrected chi connectivity index (χ4v) is 2.26. The van der Waals surface area contributed by atoms with E-state index >= 15 is 0 Å². The highest BCUT2D eigenvalue weighted by atomic mass is 15.5. The number of rotatable bonds is 3. The Morgan fingerprint density at radius 2 is 2.00 bits per heavy atom. The van der Waals surface area contributed by atoms with Crippen LogP contribution >= 0.6 is 0 Å². The molecule has 0 spiro atoms. The van der Waals surface area contributed by atoms with Crippen LogP contribution in [0.15, 0.2) is 51.7 Å². The third-order valence-electron chi connectivity index (χ3n) is 3.42. The minimum absolute atomic E-state index is 0.0849. The normalized spacial score (nSPS) is 24.0. The molecule has 0 saturated carbocycles.